The summed E-state index contributed by atoms with van der Waals surface area (Å²) in [5, 5.41) is 0. The van der Waals surface area contributed by atoms with E-state index in [2.05, 4.69) is 4.90 Å². The maximum Gasteiger partial charge on any atom is 0.222 e. The summed E-state index contributed by atoms with van der Waals surface area (Å²) < 4.78 is 0. The SMILES string of the molecule is NC1CCCCC1CC(=O)N1CCCSCC1. The van der Waals surface area contributed by atoms with Gasteiger partial charge in [-0.3, -0.25) is 4.79 Å². The summed E-state index contributed by atoms with van der Waals surface area (Å²) in [6.45, 7) is 1.89. The average molecular weight is 256 g/mol. The predicted molar refractivity (Wildman–Crippen MR) is 73.1 cm³/mol. The zero-order chi connectivity index (χ0) is 12.1. The number of rotatable bonds is 2. The Morgan fingerprint density at radius 3 is 2.82 bits per heavy atom. The van der Waals surface area contributed by atoms with Crippen LogP contribution in [0.5, 0.6) is 0 Å². The van der Waals surface area contributed by atoms with Crippen LogP contribution in [0.1, 0.15) is 38.5 Å². The van der Waals surface area contributed by atoms with Gasteiger partial charge in [0, 0.05) is 31.3 Å². The predicted octanol–water partition coefficient (Wildman–Crippen LogP) is 1.86. The molecule has 4 heteroatoms. The first-order chi connectivity index (χ1) is 8.27. The lowest BCUT2D eigenvalue weighted by atomic mass is 9.83. The van der Waals surface area contributed by atoms with E-state index in [-0.39, 0.29) is 6.04 Å². The van der Waals surface area contributed by atoms with Crippen molar-refractivity contribution in [2.75, 3.05) is 24.6 Å². The molecule has 0 bridgehead atoms. The monoisotopic (exact) mass is 256 g/mol. The number of carbonyl (C=O) groups excluding carboxylic acids is 1. The Labute approximate surface area is 108 Å². The van der Waals surface area contributed by atoms with Crippen LogP contribution in [-0.4, -0.2) is 41.4 Å². The smallest absolute Gasteiger partial charge is 0.222 e. The van der Waals surface area contributed by atoms with Crippen molar-refractivity contribution >= 4 is 17.7 Å². The van der Waals surface area contributed by atoms with Crippen molar-refractivity contribution in [2.24, 2.45) is 11.7 Å². The van der Waals surface area contributed by atoms with Gasteiger partial charge in [0.25, 0.3) is 0 Å². The van der Waals surface area contributed by atoms with Crippen molar-refractivity contribution in [2.45, 2.75) is 44.6 Å². The molecule has 1 amide bonds. The highest BCUT2D eigenvalue weighted by Crippen LogP contribution is 2.26. The average Bonchev–Trinajstić information content (AvgIpc) is 2.61. The fraction of sp³-hybridized carbons (Fsp3) is 0.923. The fourth-order valence-corrected chi connectivity index (χ4v) is 3.73. The van der Waals surface area contributed by atoms with E-state index in [4.69, 9.17) is 5.73 Å². The molecule has 2 atom stereocenters. The van der Waals surface area contributed by atoms with E-state index in [9.17, 15) is 4.79 Å². The van der Waals surface area contributed by atoms with Crippen molar-refractivity contribution < 1.29 is 4.79 Å². The van der Waals surface area contributed by atoms with Gasteiger partial charge in [-0.15, -0.1) is 0 Å². The van der Waals surface area contributed by atoms with Crippen molar-refractivity contribution in [3.05, 3.63) is 0 Å². The Hall–Kier alpha value is -0.220. The molecule has 17 heavy (non-hydrogen) atoms. The Morgan fingerprint density at radius 2 is 2.00 bits per heavy atom. The van der Waals surface area contributed by atoms with Gasteiger partial charge in [-0.1, -0.05) is 12.8 Å². The molecular formula is C13H24N2OS. The summed E-state index contributed by atoms with van der Waals surface area (Å²) in [6.07, 6.45) is 6.58. The number of amides is 1. The van der Waals surface area contributed by atoms with Crippen LogP contribution in [0.15, 0.2) is 0 Å². The molecule has 3 nitrogen and oxygen atoms in total. The normalized spacial score (nSPS) is 31.0. The molecule has 2 rings (SSSR count). The standard InChI is InChI=1S/C13H24N2OS/c14-12-5-2-1-4-11(12)10-13(16)15-6-3-8-17-9-7-15/h11-12H,1-10,14H2. The second kappa shape index (κ2) is 6.64. The Kier molecular flexibility index (Phi) is 5.16. The minimum atomic E-state index is 0.258. The topological polar surface area (TPSA) is 46.3 Å². The lowest BCUT2D eigenvalue weighted by Crippen LogP contribution is -2.39. The molecule has 2 fully saturated rings. The van der Waals surface area contributed by atoms with Crippen molar-refractivity contribution in [3.8, 4) is 0 Å². The van der Waals surface area contributed by atoms with E-state index in [1.54, 1.807) is 0 Å². The number of thioether (sulfide) groups is 1. The van der Waals surface area contributed by atoms with Gasteiger partial charge in [0.15, 0.2) is 0 Å². The van der Waals surface area contributed by atoms with Crippen LogP contribution in [0.4, 0.5) is 0 Å². The lowest BCUT2D eigenvalue weighted by Gasteiger charge is -2.30. The van der Waals surface area contributed by atoms with Gasteiger partial charge in [0.2, 0.25) is 5.91 Å². The van der Waals surface area contributed by atoms with Gasteiger partial charge in [0.05, 0.1) is 0 Å². The third kappa shape index (κ3) is 3.88. The lowest BCUT2D eigenvalue weighted by molar-refractivity contribution is -0.132. The maximum atomic E-state index is 12.2. The molecule has 0 aromatic carbocycles. The van der Waals surface area contributed by atoms with Crippen molar-refractivity contribution in [1.82, 2.24) is 4.90 Å². The van der Waals surface area contributed by atoms with Crippen LogP contribution < -0.4 is 5.73 Å². The van der Waals surface area contributed by atoms with E-state index >= 15 is 0 Å². The Morgan fingerprint density at radius 1 is 1.18 bits per heavy atom. The summed E-state index contributed by atoms with van der Waals surface area (Å²) in [7, 11) is 0. The molecule has 0 spiro atoms. The fourth-order valence-electron chi connectivity index (χ4n) is 2.84. The molecule has 0 aromatic rings. The molecule has 0 aromatic heterocycles. The molecule has 2 unspecified atom stereocenters. The second-order valence-electron chi connectivity index (χ2n) is 5.26. The molecule has 1 aliphatic carbocycles. The van der Waals surface area contributed by atoms with Gasteiger partial charge < -0.3 is 10.6 Å². The number of hydrogen-bond donors (Lipinski definition) is 1. The molecule has 1 saturated carbocycles. The molecule has 1 heterocycles. The van der Waals surface area contributed by atoms with Gasteiger partial charge in [0.1, 0.15) is 0 Å². The van der Waals surface area contributed by atoms with E-state index < -0.39 is 0 Å². The van der Waals surface area contributed by atoms with E-state index in [0.29, 0.717) is 18.2 Å². The van der Waals surface area contributed by atoms with Crippen LogP contribution >= 0.6 is 11.8 Å². The summed E-state index contributed by atoms with van der Waals surface area (Å²) in [5.74, 6) is 3.08. The molecule has 2 aliphatic rings. The quantitative estimate of drug-likeness (QED) is 0.820. The molecule has 98 valence electrons. The van der Waals surface area contributed by atoms with Crippen LogP contribution in [0.2, 0.25) is 0 Å². The second-order valence-corrected chi connectivity index (χ2v) is 6.48. The zero-order valence-electron chi connectivity index (χ0n) is 10.6. The number of hydrogen-bond acceptors (Lipinski definition) is 3. The third-order valence-corrected chi connectivity index (χ3v) is 5.03. The van der Waals surface area contributed by atoms with E-state index in [0.717, 1.165) is 38.1 Å². The van der Waals surface area contributed by atoms with Crippen molar-refractivity contribution in [3.63, 3.8) is 0 Å². The number of nitrogens with two attached hydrogens (primary N) is 1. The van der Waals surface area contributed by atoms with E-state index in [1.165, 1.54) is 18.6 Å². The van der Waals surface area contributed by atoms with Crippen molar-refractivity contribution in [1.29, 1.82) is 0 Å². The maximum absolute atomic E-state index is 12.2. The number of nitrogens with zero attached hydrogens (tertiary/aromatic N) is 1. The van der Waals surface area contributed by atoms with Gasteiger partial charge in [-0.2, -0.15) is 11.8 Å². The zero-order valence-corrected chi connectivity index (χ0v) is 11.4. The summed E-state index contributed by atoms with van der Waals surface area (Å²) in [6, 6.07) is 0.258. The summed E-state index contributed by atoms with van der Waals surface area (Å²) in [5.41, 5.74) is 6.11. The largest absolute Gasteiger partial charge is 0.342 e. The van der Waals surface area contributed by atoms with Crippen LogP contribution in [0, 0.1) is 5.92 Å². The highest BCUT2D eigenvalue weighted by molar-refractivity contribution is 7.99. The third-order valence-electron chi connectivity index (χ3n) is 3.98. The molecular weight excluding hydrogens is 232 g/mol. The van der Waals surface area contributed by atoms with Crippen LogP contribution in [-0.2, 0) is 4.79 Å². The molecule has 2 N–H and O–H groups in total. The minimum Gasteiger partial charge on any atom is -0.342 e. The van der Waals surface area contributed by atoms with Crippen LogP contribution in [0.3, 0.4) is 0 Å². The Balaban J connectivity index is 1.82. The van der Waals surface area contributed by atoms with E-state index in [1.807, 2.05) is 11.8 Å². The highest BCUT2D eigenvalue weighted by atomic mass is 32.2. The first kappa shape index (κ1) is 13.2. The van der Waals surface area contributed by atoms with Gasteiger partial charge >= 0.3 is 0 Å². The number of carbonyl (C=O) groups is 1. The first-order valence-corrected chi connectivity index (χ1v) is 8.04. The minimum absolute atomic E-state index is 0.258. The molecule has 1 saturated heterocycles. The summed E-state index contributed by atoms with van der Waals surface area (Å²) >= 11 is 1.96. The highest BCUT2D eigenvalue weighted by Gasteiger charge is 2.26. The first-order valence-electron chi connectivity index (χ1n) is 6.88. The van der Waals surface area contributed by atoms with Crippen LogP contribution in [0.25, 0.3) is 0 Å². The van der Waals surface area contributed by atoms with Gasteiger partial charge in [-0.05, 0) is 30.9 Å². The molecule has 0 radical (unpaired) electrons. The van der Waals surface area contributed by atoms with Gasteiger partial charge in [-0.25, -0.2) is 0 Å². The Bertz CT molecular complexity index is 252. The summed E-state index contributed by atoms with van der Waals surface area (Å²) in [4.78, 5) is 14.3. The molecule has 1 aliphatic heterocycles.